The number of rotatable bonds is 12. The van der Waals surface area contributed by atoms with Crippen LogP contribution in [0.2, 0.25) is 0 Å². The monoisotopic (exact) mass is 293 g/mol. The predicted molar refractivity (Wildman–Crippen MR) is 88.6 cm³/mol. The Morgan fingerprint density at radius 3 is 2.43 bits per heavy atom. The molecule has 2 N–H and O–H groups in total. The zero-order valence-corrected chi connectivity index (χ0v) is 13.6. The molecule has 0 bridgehead atoms. The average Bonchev–Trinajstić information content (AvgIpc) is 2.54. The van der Waals surface area contributed by atoms with Gasteiger partial charge < -0.3 is 15.2 Å². The van der Waals surface area contributed by atoms with Crippen molar-refractivity contribution in [2.24, 2.45) is 11.7 Å². The maximum absolute atomic E-state index is 5.76. The van der Waals surface area contributed by atoms with Crippen molar-refractivity contribution in [1.29, 1.82) is 0 Å². The van der Waals surface area contributed by atoms with Crippen LogP contribution in [0.25, 0.3) is 0 Å². The summed E-state index contributed by atoms with van der Waals surface area (Å²) in [5, 5.41) is 0. The van der Waals surface area contributed by atoms with Gasteiger partial charge in [0.1, 0.15) is 5.75 Å². The third kappa shape index (κ3) is 8.08. The van der Waals surface area contributed by atoms with Crippen LogP contribution in [0.15, 0.2) is 24.3 Å². The van der Waals surface area contributed by atoms with E-state index in [4.69, 9.17) is 15.2 Å². The van der Waals surface area contributed by atoms with Crippen molar-refractivity contribution in [3.05, 3.63) is 29.8 Å². The van der Waals surface area contributed by atoms with Gasteiger partial charge in [-0.1, -0.05) is 45.2 Å². The van der Waals surface area contributed by atoms with Crippen LogP contribution in [0.4, 0.5) is 0 Å². The lowest BCUT2D eigenvalue weighted by atomic mass is 10.0. The van der Waals surface area contributed by atoms with Gasteiger partial charge in [0.15, 0.2) is 0 Å². The van der Waals surface area contributed by atoms with Crippen LogP contribution in [-0.2, 0) is 11.3 Å². The predicted octanol–water partition coefficient (Wildman–Crippen LogP) is 4.15. The average molecular weight is 293 g/mol. The molecule has 0 fully saturated rings. The van der Waals surface area contributed by atoms with Crippen LogP contribution in [0, 0.1) is 5.92 Å². The Morgan fingerprint density at radius 2 is 1.81 bits per heavy atom. The summed E-state index contributed by atoms with van der Waals surface area (Å²) >= 11 is 0. The first-order chi connectivity index (χ1) is 10.3. The van der Waals surface area contributed by atoms with Gasteiger partial charge in [-0.2, -0.15) is 0 Å². The van der Waals surface area contributed by atoms with Gasteiger partial charge in [0.25, 0.3) is 0 Å². The minimum absolute atomic E-state index is 0.574. The van der Waals surface area contributed by atoms with Crippen molar-refractivity contribution in [1.82, 2.24) is 0 Å². The molecular formula is C18H31NO2. The summed E-state index contributed by atoms with van der Waals surface area (Å²) in [5.41, 5.74) is 6.69. The second kappa shape index (κ2) is 11.6. The molecule has 0 radical (unpaired) electrons. The maximum Gasteiger partial charge on any atom is 0.119 e. The molecule has 1 unspecified atom stereocenters. The van der Waals surface area contributed by atoms with Crippen molar-refractivity contribution >= 4 is 0 Å². The van der Waals surface area contributed by atoms with E-state index in [1.807, 2.05) is 24.3 Å². The smallest absolute Gasteiger partial charge is 0.119 e. The topological polar surface area (TPSA) is 44.5 Å². The number of hydrogen-bond donors (Lipinski definition) is 1. The second-order valence-electron chi connectivity index (χ2n) is 5.54. The zero-order valence-electron chi connectivity index (χ0n) is 13.6. The third-order valence-corrected chi connectivity index (χ3v) is 3.76. The summed E-state index contributed by atoms with van der Waals surface area (Å²) in [6, 6.07) is 7.96. The van der Waals surface area contributed by atoms with Crippen LogP contribution >= 0.6 is 0 Å². The number of benzene rings is 1. The number of nitrogens with two attached hydrogens (primary N) is 1. The second-order valence-corrected chi connectivity index (χ2v) is 5.54. The molecule has 3 nitrogen and oxygen atoms in total. The first-order valence-electron chi connectivity index (χ1n) is 8.29. The van der Waals surface area contributed by atoms with Crippen LogP contribution in [0.1, 0.15) is 51.5 Å². The highest BCUT2D eigenvalue weighted by molar-refractivity contribution is 5.26. The van der Waals surface area contributed by atoms with Crippen LogP contribution in [-0.4, -0.2) is 19.8 Å². The summed E-state index contributed by atoms with van der Waals surface area (Å²) in [6.45, 7) is 7.44. The molecule has 0 aromatic heterocycles. The van der Waals surface area contributed by atoms with E-state index in [-0.39, 0.29) is 0 Å². The van der Waals surface area contributed by atoms with Gasteiger partial charge in [-0.05, 0) is 30.0 Å². The summed E-state index contributed by atoms with van der Waals surface area (Å²) in [5.74, 6) is 1.62. The lowest BCUT2D eigenvalue weighted by molar-refractivity contribution is 0.0842. The summed E-state index contributed by atoms with van der Waals surface area (Å²) < 4.78 is 11.4. The molecule has 0 spiro atoms. The van der Waals surface area contributed by atoms with E-state index in [9.17, 15) is 0 Å². The van der Waals surface area contributed by atoms with Crippen LogP contribution in [0.5, 0.6) is 5.75 Å². The van der Waals surface area contributed by atoms with Crippen LogP contribution in [0.3, 0.4) is 0 Å². The Kier molecular flexibility index (Phi) is 9.92. The number of ether oxygens (including phenoxy) is 2. The molecule has 1 aromatic carbocycles. The van der Waals surface area contributed by atoms with E-state index in [1.54, 1.807) is 0 Å². The minimum Gasteiger partial charge on any atom is -0.494 e. The Labute approximate surface area is 129 Å². The molecule has 1 atom stereocenters. The van der Waals surface area contributed by atoms with Gasteiger partial charge in [-0.3, -0.25) is 0 Å². The van der Waals surface area contributed by atoms with Crippen molar-refractivity contribution in [2.75, 3.05) is 19.8 Å². The van der Waals surface area contributed by atoms with Gasteiger partial charge in [0.05, 0.1) is 6.61 Å². The molecule has 1 rings (SSSR count). The first-order valence-corrected chi connectivity index (χ1v) is 8.29. The third-order valence-electron chi connectivity index (χ3n) is 3.76. The Hall–Kier alpha value is -1.06. The summed E-state index contributed by atoms with van der Waals surface area (Å²) in [6.07, 6.45) is 6.01. The highest BCUT2D eigenvalue weighted by Crippen LogP contribution is 2.14. The quantitative estimate of drug-likeness (QED) is 0.589. The van der Waals surface area contributed by atoms with Crippen molar-refractivity contribution in [2.45, 2.75) is 52.5 Å². The van der Waals surface area contributed by atoms with E-state index in [0.29, 0.717) is 13.2 Å². The molecule has 1 aromatic rings. The fraction of sp³-hybridized carbons (Fsp3) is 0.667. The molecule has 21 heavy (non-hydrogen) atoms. The molecule has 0 aliphatic carbocycles. The molecular weight excluding hydrogens is 262 g/mol. The zero-order chi connectivity index (χ0) is 15.3. The summed E-state index contributed by atoms with van der Waals surface area (Å²) in [4.78, 5) is 0. The van der Waals surface area contributed by atoms with Crippen molar-refractivity contribution in [3.63, 3.8) is 0 Å². The Balaban J connectivity index is 2.05. The highest BCUT2D eigenvalue weighted by Gasteiger charge is 2.05. The van der Waals surface area contributed by atoms with Gasteiger partial charge in [0.2, 0.25) is 0 Å². The SMILES string of the molecule is CCCCC(CC)COCCCOc1ccc(CN)cc1. The maximum atomic E-state index is 5.76. The minimum atomic E-state index is 0.574. The van der Waals surface area contributed by atoms with E-state index < -0.39 is 0 Å². The van der Waals surface area contributed by atoms with E-state index in [2.05, 4.69) is 13.8 Å². The number of unbranched alkanes of at least 4 members (excludes halogenated alkanes) is 1. The van der Waals surface area contributed by atoms with Crippen molar-refractivity contribution in [3.8, 4) is 5.75 Å². The molecule has 3 heteroatoms. The Morgan fingerprint density at radius 1 is 1.05 bits per heavy atom. The fourth-order valence-electron chi connectivity index (χ4n) is 2.22. The molecule has 0 aliphatic heterocycles. The van der Waals surface area contributed by atoms with Gasteiger partial charge in [0, 0.05) is 26.2 Å². The van der Waals surface area contributed by atoms with Gasteiger partial charge in [-0.15, -0.1) is 0 Å². The fourth-order valence-corrected chi connectivity index (χ4v) is 2.22. The molecule has 0 saturated heterocycles. The van der Waals surface area contributed by atoms with Crippen LogP contribution < -0.4 is 10.5 Å². The largest absolute Gasteiger partial charge is 0.494 e. The lowest BCUT2D eigenvalue weighted by Crippen LogP contribution is -2.11. The summed E-state index contributed by atoms with van der Waals surface area (Å²) in [7, 11) is 0. The highest BCUT2D eigenvalue weighted by atomic mass is 16.5. The number of hydrogen-bond acceptors (Lipinski definition) is 3. The Bertz CT molecular complexity index is 351. The molecule has 0 saturated carbocycles. The van der Waals surface area contributed by atoms with E-state index >= 15 is 0 Å². The normalized spacial score (nSPS) is 12.3. The molecule has 120 valence electrons. The van der Waals surface area contributed by atoms with E-state index in [0.717, 1.165) is 36.9 Å². The first kappa shape index (κ1) is 18.0. The molecule has 0 amide bonds. The molecule has 0 heterocycles. The van der Waals surface area contributed by atoms with Crippen molar-refractivity contribution < 1.29 is 9.47 Å². The van der Waals surface area contributed by atoms with Gasteiger partial charge in [-0.25, -0.2) is 0 Å². The lowest BCUT2D eigenvalue weighted by Gasteiger charge is -2.14. The van der Waals surface area contributed by atoms with Gasteiger partial charge >= 0.3 is 0 Å². The standard InChI is InChI=1S/C18H31NO2/c1-3-5-7-16(4-2)15-20-12-6-13-21-18-10-8-17(14-19)9-11-18/h8-11,16H,3-7,12-15,19H2,1-2H3. The molecule has 0 aliphatic rings. The van der Waals surface area contributed by atoms with E-state index in [1.165, 1.54) is 25.7 Å².